The Labute approximate surface area is 114 Å². The number of nitrogens with zero attached hydrogens (tertiary/aromatic N) is 1. The van der Waals surface area contributed by atoms with Crippen LogP contribution in [0.25, 0.3) is 11.0 Å². The molecule has 2 unspecified atom stereocenters. The van der Waals surface area contributed by atoms with Crippen LogP contribution in [-0.2, 0) is 0 Å². The molecule has 3 nitrogen and oxygen atoms in total. The Bertz CT molecular complexity index is 562. The van der Waals surface area contributed by atoms with Crippen LogP contribution in [-0.4, -0.2) is 16.0 Å². The summed E-state index contributed by atoms with van der Waals surface area (Å²) in [5, 5.41) is 3.73. The van der Waals surface area contributed by atoms with Gasteiger partial charge < -0.3 is 10.3 Å². The third-order valence-electron chi connectivity index (χ3n) is 4.48. The minimum absolute atomic E-state index is 0.593. The third kappa shape index (κ3) is 2.46. The van der Waals surface area contributed by atoms with Crippen molar-refractivity contribution in [2.24, 2.45) is 11.8 Å². The van der Waals surface area contributed by atoms with E-state index in [0.717, 1.165) is 28.7 Å². The minimum atomic E-state index is 0.593. The molecule has 0 aliphatic heterocycles. The molecule has 3 rings (SSSR count). The second-order valence-electron chi connectivity index (χ2n) is 6.11. The molecule has 0 radical (unpaired) electrons. The summed E-state index contributed by atoms with van der Waals surface area (Å²) in [5.41, 5.74) is 3.38. The second kappa shape index (κ2) is 4.87. The summed E-state index contributed by atoms with van der Waals surface area (Å²) >= 11 is 0. The van der Waals surface area contributed by atoms with Crippen molar-refractivity contribution in [1.82, 2.24) is 9.97 Å². The number of H-pyrrole nitrogens is 1. The van der Waals surface area contributed by atoms with Crippen LogP contribution < -0.4 is 5.32 Å². The first-order chi connectivity index (χ1) is 9.13. The van der Waals surface area contributed by atoms with Crippen LogP contribution in [0.1, 0.15) is 38.9 Å². The number of hydrogen-bond acceptors (Lipinski definition) is 2. The Hall–Kier alpha value is -1.51. The quantitative estimate of drug-likeness (QED) is 0.850. The van der Waals surface area contributed by atoms with Crippen LogP contribution in [0.15, 0.2) is 18.2 Å². The lowest BCUT2D eigenvalue weighted by Gasteiger charge is -2.35. The van der Waals surface area contributed by atoms with Gasteiger partial charge >= 0.3 is 0 Å². The molecule has 0 bridgehead atoms. The standard InChI is InChI=1S/C16H23N3/c1-10-5-4-6-11(2)16(10)19-13-7-8-14-15(9-13)18-12(3)17-14/h7-11,16,19H,4-6H2,1-3H3,(H,17,18). The van der Waals surface area contributed by atoms with Gasteiger partial charge in [-0.25, -0.2) is 4.98 Å². The molecule has 2 aromatic rings. The van der Waals surface area contributed by atoms with Gasteiger partial charge in [0.05, 0.1) is 11.0 Å². The fourth-order valence-corrected chi connectivity index (χ4v) is 3.39. The second-order valence-corrected chi connectivity index (χ2v) is 6.11. The van der Waals surface area contributed by atoms with Gasteiger partial charge in [-0.15, -0.1) is 0 Å². The SMILES string of the molecule is Cc1nc2ccc(NC3C(C)CCCC3C)cc2[nH]1. The van der Waals surface area contributed by atoms with Crippen LogP contribution >= 0.6 is 0 Å². The zero-order valence-corrected chi connectivity index (χ0v) is 12.0. The summed E-state index contributed by atoms with van der Waals surface area (Å²) in [6.07, 6.45) is 4.06. The molecule has 1 aliphatic rings. The smallest absolute Gasteiger partial charge is 0.104 e. The van der Waals surface area contributed by atoms with Crippen LogP contribution in [0.2, 0.25) is 0 Å². The summed E-state index contributed by atoms with van der Waals surface area (Å²) in [5.74, 6) is 2.48. The average Bonchev–Trinajstić information content (AvgIpc) is 2.73. The molecule has 1 fully saturated rings. The molecule has 0 saturated heterocycles. The van der Waals surface area contributed by atoms with Crippen molar-refractivity contribution in [3.63, 3.8) is 0 Å². The van der Waals surface area contributed by atoms with Gasteiger partial charge in [0.1, 0.15) is 5.82 Å². The molecule has 0 spiro atoms. The van der Waals surface area contributed by atoms with E-state index in [2.05, 4.69) is 47.3 Å². The fraction of sp³-hybridized carbons (Fsp3) is 0.562. The first-order valence-corrected chi connectivity index (χ1v) is 7.36. The van der Waals surface area contributed by atoms with E-state index in [4.69, 9.17) is 0 Å². The maximum atomic E-state index is 4.45. The first kappa shape index (κ1) is 12.5. The number of aryl methyl sites for hydroxylation is 1. The topological polar surface area (TPSA) is 40.7 Å². The minimum Gasteiger partial charge on any atom is -0.382 e. The van der Waals surface area contributed by atoms with E-state index in [-0.39, 0.29) is 0 Å². The Morgan fingerprint density at radius 2 is 1.95 bits per heavy atom. The molecule has 0 amide bonds. The van der Waals surface area contributed by atoms with E-state index in [1.54, 1.807) is 0 Å². The lowest BCUT2D eigenvalue weighted by molar-refractivity contribution is 0.268. The third-order valence-corrected chi connectivity index (χ3v) is 4.48. The van der Waals surface area contributed by atoms with Gasteiger partial charge in [0, 0.05) is 11.7 Å². The molecule has 2 N–H and O–H groups in total. The van der Waals surface area contributed by atoms with Crippen LogP contribution in [0, 0.1) is 18.8 Å². The predicted molar refractivity (Wildman–Crippen MR) is 80.4 cm³/mol. The Balaban J connectivity index is 1.83. The molecule has 1 aliphatic carbocycles. The number of anilines is 1. The molecule has 1 saturated carbocycles. The van der Waals surface area contributed by atoms with Gasteiger partial charge in [0.2, 0.25) is 0 Å². The molecule has 3 heteroatoms. The highest BCUT2D eigenvalue weighted by Gasteiger charge is 2.27. The average molecular weight is 257 g/mol. The lowest BCUT2D eigenvalue weighted by atomic mass is 9.78. The number of aromatic amines is 1. The fourth-order valence-electron chi connectivity index (χ4n) is 3.39. The molecule has 1 aromatic carbocycles. The van der Waals surface area contributed by atoms with Crippen LogP contribution in [0.4, 0.5) is 5.69 Å². The number of hydrogen-bond donors (Lipinski definition) is 2. The summed E-state index contributed by atoms with van der Waals surface area (Å²) in [6.45, 7) is 6.73. The van der Waals surface area contributed by atoms with E-state index in [0.29, 0.717) is 6.04 Å². The van der Waals surface area contributed by atoms with E-state index in [1.165, 1.54) is 24.9 Å². The first-order valence-electron chi connectivity index (χ1n) is 7.36. The largest absolute Gasteiger partial charge is 0.382 e. The van der Waals surface area contributed by atoms with Gasteiger partial charge in [-0.05, 0) is 49.8 Å². The highest BCUT2D eigenvalue weighted by Crippen LogP contribution is 2.31. The molecule has 1 heterocycles. The summed E-state index contributed by atoms with van der Waals surface area (Å²) in [7, 11) is 0. The highest BCUT2D eigenvalue weighted by atomic mass is 15.0. The maximum absolute atomic E-state index is 4.45. The van der Waals surface area contributed by atoms with Crippen molar-refractivity contribution in [1.29, 1.82) is 0 Å². The predicted octanol–water partition coefficient (Wildman–Crippen LogP) is 4.11. The lowest BCUT2D eigenvalue weighted by Crippen LogP contribution is -2.37. The number of imidazole rings is 1. The van der Waals surface area contributed by atoms with Crippen molar-refractivity contribution in [2.75, 3.05) is 5.32 Å². The summed E-state index contributed by atoms with van der Waals surface area (Å²) in [4.78, 5) is 7.76. The molecule has 102 valence electrons. The van der Waals surface area contributed by atoms with Gasteiger partial charge in [-0.3, -0.25) is 0 Å². The number of nitrogens with one attached hydrogen (secondary N) is 2. The van der Waals surface area contributed by atoms with Crippen molar-refractivity contribution in [3.05, 3.63) is 24.0 Å². The van der Waals surface area contributed by atoms with Gasteiger partial charge in [0.15, 0.2) is 0 Å². The van der Waals surface area contributed by atoms with Crippen molar-refractivity contribution >= 4 is 16.7 Å². The molecular weight excluding hydrogens is 234 g/mol. The summed E-state index contributed by atoms with van der Waals surface area (Å²) < 4.78 is 0. The maximum Gasteiger partial charge on any atom is 0.104 e. The number of fused-ring (bicyclic) bond motifs is 1. The van der Waals surface area contributed by atoms with Crippen molar-refractivity contribution in [3.8, 4) is 0 Å². The van der Waals surface area contributed by atoms with Crippen molar-refractivity contribution in [2.45, 2.75) is 46.1 Å². The normalized spacial score (nSPS) is 27.6. The molecule has 2 atom stereocenters. The molecule has 19 heavy (non-hydrogen) atoms. The van der Waals surface area contributed by atoms with Gasteiger partial charge in [-0.2, -0.15) is 0 Å². The van der Waals surface area contributed by atoms with Gasteiger partial charge in [0.25, 0.3) is 0 Å². The number of benzene rings is 1. The number of aromatic nitrogens is 2. The summed E-state index contributed by atoms with van der Waals surface area (Å²) in [6, 6.07) is 7.02. The molecule has 1 aromatic heterocycles. The van der Waals surface area contributed by atoms with E-state index in [1.807, 2.05) is 6.92 Å². The monoisotopic (exact) mass is 257 g/mol. The zero-order valence-electron chi connectivity index (χ0n) is 12.0. The Morgan fingerprint density at radius 3 is 2.68 bits per heavy atom. The van der Waals surface area contributed by atoms with Crippen LogP contribution in [0.5, 0.6) is 0 Å². The Kier molecular flexibility index (Phi) is 3.21. The highest BCUT2D eigenvalue weighted by molar-refractivity contribution is 5.79. The van der Waals surface area contributed by atoms with Crippen molar-refractivity contribution < 1.29 is 0 Å². The zero-order chi connectivity index (χ0) is 13.4. The molecular formula is C16H23N3. The van der Waals surface area contributed by atoms with E-state index in [9.17, 15) is 0 Å². The number of rotatable bonds is 2. The van der Waals surface area contributed by atoms with E-state index < -0.39 is 0 Å². The van der Waals surface area contributed by atoms with Crippen LogP contribution in [0.3, 0.4) is 0 Å². The van der Waals surface area contributed by atoms with Gasteiger partial charge in [-0.1, -0.05) is 20.3 Å². The van der Waals surface area contributed by atoms with E-state index >= 15 is 0 Å². The Morgan fingerprint density at radius 1 is 1.21 bits per heavy atom.